The molecule has 0 radical (unpaired) electrons. The van der Waals surface area contributed by atoms with Gasteiger partial charge in [-0.1, -0.05) is 87.3 Å². The number of amides is 7. The van der Waals surface area contributed by atoms with Gasteiger partial charge in [-0.15, -0.1) is 0 Å². The molecule has 15 atom stereocenters. The molecule has 7 amide bonds. The number of phenols is 1. The van der Waals surface area contributed by atoms with Crippen molar-refractivity contribution in [2.45, 2.75) is 145 Å². The molecule has 24 nitrogen and oxygen atoms in total. The third-order valence-electron chi connectivity index (χ3n) is 14.7. The molecule has 3 aliphatic rings. The smallest absolute Gasteiger partial charge is 0.251 e. The van der Waals surface area contributed by atoms with Gasteiger partial charge in [0.25, 0.3) is 5.91 Å². The molecule has 3 unspecified atom stereocenters. The van der Waals surface area contributed by atoms with E-state index >= 15 is 0 Å². The van der Waals surface area contributed by atoms with Crippen molar-refractivity contribution in [3.8, 4) is 33.8 Å². The molecular formula is C58H73N7O17. The summed E-state index contributed by atoms with van der Waals surface area (Å²) >= 11 is 0. The lowest BCUT2D eigenvalue weighted by Crippen LogP contribution is -2.64. The summed E-state index contributed by atoms with van der Waals surface area (Å²) in [6.07, 6.45) is -14.6. The maximum absolute atomic E-state index is 14.5. The second-order valence-corrected chi connectivity index (χ2v) is 21.0. The Hall–Kier alpha value is -7.55. The number of ether oxygens (including phenoxy) is 1. The van der Waals surface area contributed by atoms with E-state index in [4.69, 9.17) is 10.2 Å². The maximum Gasteiger partial charge on any atom is 0.251 e. The van der Waals surface area contributed by atoms with Gasteiger partial charge in [0, 0.05) is 37.4 Å². The lowest BCUT2D eigenvalue weighted by atomic mass is 9.96. The first-order valence-corrected chi connectivity index (χ1v) is 27.0. The first kappa shape index (κ1) is 56.3. The van der Waals surface area contributed by atoms with Gasteiger partial charge in [0.1, 0.15) is 66.1 Å². The predicted molar refractivity (Wildman–Crippen MR) is 293 cm³/mol. The Morgan fingerprint density at radius 3 is 1.80 bits per heavy atom. The van der Waals surface area contributed by atoms with Crippen LogP contribution in [0.5, 0.6) is 11.5 Å². The fourth-order valence-electron chi connectivity index (χ4n) is 9.95. The number of hydrogen-bond donors (Lipinski definition) is 14. The fourth-order valence-corrected chi connectivity index (χ4v) is 9.95. The van der Waals surface area contributed by atoms with E-state index in [1.807, 2.05) is 6.92 Å². The largest absolute Gasteiger partial charge is 0.508 e. The number of carbonyl (C=O) groups excluding carboxylic acids is 7. The minimum absolute atomic E-state index is 0.0556. The number of fused-ring (bicyclic) bond motifs is 2. The van der Waals surface area contributed by atoms with Crippen LogP contribution in [-0.2, 0) is 28.8 Å². The first-order chi connectivity index (χ1) is 40.6. The van der Waals surface area contributed by atoms with Gasteiger partial charge in [0.15, 0.2) is 6.23 Å². The average molecular weight is 1140 g/mol. The van der Waals surface area contributed by atoms with Crippen LogP contribution in [0, 0.1) is 5.92 Å². The molecule has 0 bridgehead atoms. The number of hydrogen-bond acceptors (Lipinski definition) is 17. The lowest BCUT2D eigenvalue weighted by molar-refractivity contribution is -0.148. The number of aliphatic hydroxyl groups excluding tert-OH is 8. The normalized spacial score (nSPS) is 28.2. The number of phenolic OH excluding ortho intramolecular Hbond substituents is 1. The standard InChI is InChI=1S/C58H73N7O17/c1-5-6-7-24-82-40-22-18-35(19-23-40)33-10-8-32(9-11-33)34-12-14-37(15-13-34)51(74)59-41-26-43(70)54(77)63-56(79)47-48(71)29(2)27-65(47)58(81)45(31(4)67)61-55(78)46(50(73)49(72)36-16-20-38(68)21-17-36)62-53(76)42-25-39(69)28-64(42)57(80)44(30(3)66)60-52(41)75/h8-23,29-31,39,41-50,54,66-73,77H,5-7,24-28H2,1-4H3,(H,59,74)(H,60,75)(H,61,78)(H,62,76)(H,63,79)/t29-,30+,31+,39+,41-,42?,43+,44-,45?,46?,47-,48-,49-,50-,54+/m0/s1/i18D,19D,22D,23D. The summed E-state index contributed by atoms with van der Waals surface area (Å²) in [6, 6.07) is 3.89. The monoisotopic (exact) mass is 1140 g/mol. The Labute approximate surface area is 478 Å². The molecule has 0 aliphatic carbocycles. The number of nitrogens with one attached hydrogen (secondary N) is 5. The summed E-state index contributed by atoms with van der Waals surface area (Å²) in [5, 5.41) is 111. The van der Waals surface area contributed by atoms with E-state index in [1.165, 1.54) is 43.3 Å². The number of benzene rings is 4. The van der Waals surface area contributed by atoms with Crippen molar-refractivity contribution >= 4 is 41.4 Å². The van der Waals surface area contributed by atoms with E-state index < -0.39 is 158 Å². The zero-order valence-electron chi connectivity index (χ0n) is 49.4. The SMILES string of the molecule is [2H]c1c([2H])c(-c2ccc(-c3ccc(C(=O)N[C@H]4C[C@@H](O)[C@@H](O)NC(=O)[C@@H]5[C@@H](O)[C@@H](C)CN5C(=O)C([C@@H](C)O)NC(=O)C([C@H](O)[C@@H](O)c5ccc(O)cc5)NC(=O)C5C[C@@H](O)CN5C(=O)[C@H]([C@@H](C)O)NC4=O)cc3)cc2)c([2H])c([2H])c1OCCCCC. The maximum atomic E-state index is 14.5. The summed E-state index contributed by atoms with van der Waals surface area (Å²) < 4.78 is 40.1. The van der Waals surface area contributed by atoms with Crippen LogP contribution in [0.15, 0.2) is 97.0 Å². The van der Waals surface area contributed by atoms with Crippen molar-refractivity contribution in [2.24, 2.45) is 5.92 Å². The summed E-state index contributed by atoms with van der Waals surface area (Å²) in [6.45, 7) is 4.83. The molecule has 0 spiro atoms. The Kier molecular flexibility index (Phi) is 18.9. The van der Waals surface area contributed by atoms with Gasteiger partial charge in [-0.3, -0.25) is 33.6 Å². The molecule has 4 aromatic rings. The third-order valence-corrected chi connectivity index (χ3v) is 14.7. The highest BCUT2D eigenvalue weighted by Gasteiger charge is 2.50. The van der Waals surface area contributed by atoms with Crippen molar-refractivity contribution in [1.82, 2.24) is 36.4 Å². The van der Waals surface area contributed by atoms with E-state index in [9.17, 15) is 79.5 Å². The van der Waals surface area contributed by atoms with Gasteiger partial charge in [0.2, 0.25) is 35.4 Å². The minimum Gasteiger partial charge on any atom is -0.508 e. The van der Waals surface area contributed by atoms with Crippen molar-refractivity contribution in [3.63, 3.8) is 0 Å². The number of aliphatic hydroxyl groups is 8. The Bertz CT molecular complexity index is 3100. The fraction of sp³-hybridized carbons (Fsp3) is 0.466. The van der Waals surface area contributed by atoms with Crippen LogP contribution in [0.25, 0.3) is 22.3 Å². The van der Waals surface area contributed by atoms with Crippen LogP contribution < -0.4 is 31.3 Å². The van der Waals surface area contributed by atoms with Crippen LogP contribution in [-0.4, -0.2) is 196 Å². The van der Waals surface area contributed by atoms with Crippen molar-refractivity contribution in [1.29, 1.82) is 0 Å². The topological polar surface area (TPSA) is 377 Å². The van der Waals surface area contributed by atoms with Crippen LogP contribution in [0.2, 0.25) is 0 Å². The van der Waals surface area contributed by atoms with Gasteiger partial charge < -0.3 is 87.1 Å². The molecule has 7 rings (SSSR count). The molecule has 3 fully saturated rings. The summed E-state index contributed by atoms with van der Waals surface area (Å²) in [5.41, 5.74) is 1.41. The molecule has 442 valence electrons. The van der Waals surface area contributed by atoms with E-state index in [0.29, 0.717) is 23.1 Å². The quantitative estimate of drug-likeness (QED) is 0.0679. The van der Waals surface area contributed by atoms with Crippen LogP contribution in [0.4, 0.5) is 0 Å². The number of unbranched alkanes of at least 4 members (excludes halogenated alkanes) is 2. The van der Waals surface area contributed by atoms with Gasteiger partial charge in [-0.05, 0) is 84.4 Å². The van der Waals surface area contributed by atoms with E-state index in [2.05, 4.69) is 26.6 Å². The van der Waals surface area contributed by atoms with Crippen molar-refractivity contribution < 1.29 is 89.7 Å². The van der Waals surface area contributed by atoms with Gasteiger partial charge in [-0.2, -0.15) is 0 Å². The first-order valence-electron chi connectivity index (χ1n) is 29.0. The van der Waals surface area contributed by atoms with Crippen LogP contribution >= 0.6 is 0 Å². The van der Waals surface area contributed by atoms with Crippen LogP contribution in [0.3, 0.4) is 0 Å². The molecule has 24 heteroatoms. The highest BCUT2D eigenvalue weighted by Crippen LogP contribution is 2.30. The number of rotatable bonds is 14. The van der Waals surface area contributed by atoms with Gasteiger partial charge >= 0.3 is 0 Å². The number of carbonyl (C=O) groups is 7. The van der Waals surface area contributed by atoms with Crippen molar-refractivity contribution in [3.05, 3.63) is 108 Å². The predicted octanol–water partition coefficient (Wildman–Crippen LogP) is -0.927. The van der Waals surface area contributed by atoms with E-state index in [0.717, 1.165) is 48.6 Å². The molecule has 0 aromatic heterocycles. The zero-order valence-corrected chi connectivity index (χ0v) is 45.4. The molecule has 14 N–H and O–H groups in total. The molecule has 82 heavy (non-hydrogen) atoms. The Morgan fingerprint density at radius 2 is 1.22 bits per heavy atom. The summed E-state index contributed by atoms with van der Waals surface area (Å²) in [7, 11) is 0. The highest BCUT2D eigenvalue weighted by molar-refractivity contribution is 6.00. The molecule has 0 saturated carbocycles. The van der Waals surface area contributed by atoms with Gasteiger partial charge in [-0.25, -0.2) is 0 Å². The Balaban J connectivity index is 1.19. The molecule has 3 aliphatic heterocycles. The summed E-state index contributed by atoms with van der Waals surface area (Å²) in [4.78, 5) is 102. The van der Waals surface area contributed by atoms with Crippen molar-refractivity contribution in [2.75, 3.05) is 19.7 Å². The number of nitrogens with zero attached hydrogens (tertiary/aromatic N) is 2. The van der Waals surface area contributed by atoms with E-state index in [1.54, 1.807) is 24.3 Å². The molecular weight excluding hydrogens is 1070 g/mol. The lowest BCUT2D eigenvalue weighted by Gasteiger charge is -2.34. The molecule has 3 heterocycles. The zero-order chi connectivity index (χ0) is 63.2. The number of aromatic hydroxyl groups is 1. The second-order valence-electron chi connectivity index (χ2n) is 21.0. The minimum atomic E-state index is -2.33. The van der Waals surface area contributed by atoms with E-state index in [-0.39, 0.29) is 59.0 Å². The second kappa shape index (κ2) is 27.5. The third kappa shape index (κ3) is 14.7. The highest BCUT2D eigenvalue weighted by atomic mass is 16.5. The van der Waals surface area contributed by atoms with Crippen LogP contribution in [0.1, 0.15) is 87.3 Å². The average Bonchev–Trinajstić information content (AvgIpc) is 1.48. The summed E-state index contributed by atoms with van der Waals surface area (Å²) in [5.74, 6) is -9.89. The molecule has 3 saturated heterocycles. The Morgan fingerprint density at radius 1 is 0.671 bits per heavy atom. The molecule has 4 aromatic carbocycles. The van der Waals surface area contributed by atoms with Gasteiger partial charge in [0.05, 0.1) is 36.5 Å².